The molecule has 6 heteroatoms. The summed E-state index contributed by atoms with van der Waals surface area (Å²) in [6.07, 6.45) is 0.909. The van der Waals surface area contributed by atoms with E-state index in [9.17, 15) is 4.79 Å². The molecule has 2 aromatic carbocycles. The smallest absolute Gasteiger partial charge is 0.306 e. The molecule has 0 saturated heterocycles. The first-order valence-electron chi connectivity index (χ1n) is 8.14. The van der Waals surface area contributed by atoms with E-state index in [2.05, 4.69) is 5.16 Å². The van der Waals surface area contributed by atoms with E-state index in [1.165, 1.54) is 0 Å². The van der Waals surface area contributed by atoms with Crippen molar-refractivity contribution in [2.75, 3.05) is 7.11 Å². The van der Waals surface area contributed by atoms with Crippen LogP contribution < -0.4 is 4.74 Å². The molecule has 3 aromatic rings. The Morgan fingerprint density at radius 1 is 1.12 bits per heavy atom. The SMILES string of the molecule is COc1ccc(CCC(=O)OCc2cc(-c3ccc(Cl)cc3)on2)cc1. The molecule has 1 aromatic heterocycles. The predicted octanol–water partition coefficient (Wildman–Crippen LogP) is 4.68. The zero-order chi connectivity index (χ0) is 18.4. The molecule has 0 bridgehead atoms. The zero-order valence-corrected chi connectivity index (χ0v) is 15.0. The van der Waals surface area contributed by atoms with Gasteiger partial charge in [-0.25, -0.2) is 0 Å². The number of benzene rings is 2. The first-order valence-corrected chi connectivity index (χ1v) is 8.52. The van der Waals surface area contributed by atoms with Gasteiger partial charge in [0.25, 0.3) is 0 Å². The molecule has 0 aliphatic carbocycles. The zero-order valence-electron chi connectivity index (χ0n) is 14.3. The van der Waals surface area contributed by atoms with Gasteiger partial charge in [0.05, 0.1) is 7.11 Å². The van der Waals surface area contributed by atoms with Crippen molar-refractivity contribution in [3.05, 3.63) is 70.9 Å². The minimum atomic E-state index is -0.281. The van der Waals surface area contributed by atoms with Crippen LogP contribution in [0.2, 0.25) is 5.02 Å². The molecule has 0 fully saturated rings. The summed E-state index contributed by atoms with van der Waals surface area (Å²) in [5, 5.41) is 4.58. The largest absolute Gasteiger partial charge is 0.497 e. The molecule has 0 spiro atoms. The standard InChI is InChI=1S/C20H18ClNO4/c1-24-18-9-2-14(3-10-18)4-11-20(23)25-13-17-12-19(26-22-17)15-5-7-16(21)8-6-15/h2-3,5-10,12H,4,11,13H2,1H3. The summed E-state index contributed by atoms with van der Waals surface area (Å²) in [6.45, 7) is 0.0819. The number of esters is 1. The van der Waals surface area contributed by atoms with E-state index >= 15 is 0 Å². The highest BCUT2D eigenvalue weighted by molar-refractivity contribution is 6.30. The Bertz CT molecular complexity index is 856. The fourth-order valence-electron chi connectivity index (χ4n) is 2.40. The summed E-state index contributed by atoms with van der Waals surface area (Å²) >= 11 is 5.87. The van der Waals surface area contributed by atoms with Crippen molar-refractivity contribution in [3.63, 3.8) is 0 Å². The number of carbonyl (C=O) groups is 1. The molecule has 0 radical (unpaired) electrons. The van der Waals surface area contributed by atoms with Gasteiger partial charge in [-0.3, -0.25) is 4.79 Å². The summed E-state index contributed by atoms with van der Waals surface area (Å²) < 4.78 is 15.6. The van der Waals surface area contributed by atoms with Crippen molar-refractivity contribution in [2.45, 2.75) is 19.4 Å². The van der Waals surface area contributed by atoms with Gasteiger partial charge in [-0.2, -0.15) is 0 Å². The van der Waals surface area contributed by atoms with Crippen LogP contribution in [0, 0.1) is 0 Å². The van der Waals surface area contributed by atoms with E-state index in [4.69, 9.17) is 25.6 Å². The Morgan fingerprint density at radius 2 is 1.85 bits per heavy atom. The van der Waals surface area contributed by atoms with Crippen LogP contribution in [0.4, 0.5) is 0 Å². The number of rotatable bonds is 7. The maximum absolute atomic E-state index is 11.9. The molecule has 5 nitrogen and oxygen atoms in total. The van der Waals surface area contributed by atoms with E-state index in [-0.39, 0.29) is 12.6 Å². The number of hydrogen-bond donors (Lipinski definition) is 0. The number of ether oxygens (including phenoxy) is 2. The van der Waals surface area contributed by atoms with E-state index in [0.717, 1.165) is 16.9 Å². The quantitative estimate of drug-likeness (QED) is 0.564. The molecule has 0 N–H and O–H groups in total. The Balaban J connectivity index is 1.47. The van der Waals surface area contributed by atoms with Crippen LogP contribution in [0.15, 0.2) is 59.1 Å². The first kappa shape index (κ1) is 18.0. The van der Waals surface area contributed by atoms with Crippen LogP contribution in [-0.4, -0.2) is 18.2 Å². The summed E-state index contributed by atoms with van der Waals surface area (Å²) in [6, 6.07) is 16.6. The Labute approximate surface area is 156 Å². The van der Waals surface area contributed by atoms with E-state index in [0.29, 0.717) is 29.3 Å². The molecular weight excluding hydrogens is 354 g/mol. The van der Waals surface area contributed by atoms with Crippen LogP contribution in [0.3, 0.4) is 0 Å². The predicted molar refractivity (Wildman–Crippen MR) is 98.1 cm³/mol. The van der Waals surface area contributed by atoms with Gasteiger partial charge in [-0.05, 0) is 48.4 Å². The number of hydrogen-bond acceptors (Lipinski definition) is 5. The molecule has 0 saturated carbocycles. The van der Waals surface area contributed by atoms with Crippen molar-refractivity contribution >= 4 is 17.6 Å². The van der Waals surface area contributed by atoms with Crippen LogP contribution in [0.1, 0.15) is 17.7 Å². The van der Waals surface area contributed by atoms with Gasteiger partial charge in [0, 0.05) is 23.1 Å². The van der Waals surface area contributed by atoms with Crippen molar-refractivity contribution in [2.24, 2.45) is 0 Å². The highest BCUT2D eigenvalue weighted by Gasteiger charge is 2.10. The Morgan fingerprint density at radius 3 is 2.54 bits per heavy atom. The number of aromatic nitrogens is 1. The maximum Gasteiger partial charge on any atom is 0.306 e. The average Bonchev–Trinajstić information content (AvgIpc) is 3.14. The first-order chi connectivity index (χ1) is 12.6. The lowest BCUT2D eigenvalue weighted by molar-refractivity contribution is -0.145. The third-order valence-corrected chi connectivity index (χ3v) is 4.10. The van der Waals surface area contributed by atoms with Crippen LogP contribution in [-0.2, 0) is 22.6 Å². The van der Waals surface area contributed by atoms with Gasteiger partial charge >= 0.3 is 5.97 Å². The minimum absolute atomic E-state index is 0.0819. The highest BCUT2D eigenvalue weighted by atomic mass is 35.5. The van der Waals surface area contributed by atoms with Gasteiger partial charge in [-0.15, -0.1) is 0 Å². The second kappa shape index (κ2) is 8.54. The molecule has 0 aliphatic rings. The molecule has 134 valence electrons. The molecule has 0 unspecified atom stereocenters. The Hall–Kier alpha value is -2.79. The van der Waals surface area contributed by atoms with Crippen molar-refractivity contribution in [3.8, 4) is 17.1 Å². The Kier molecular flexibility index (Phi) is 5.92. The van der Waals surface area contributed by atoms with Crippen molar-refractivity contribution in [1.29, 1.82) is 0 Å². The van der Waals surface area contributed by atoms with E-state index in [1.54, 1.807) is 25.3 Å². The van der Waals surface area contributed by atoms with Crippen LogP contribution in [0.5, 0.6) is 5.75 Å². The third-order valence-electron chi connectivity index (χ3n) is 3.85. The summed E-state index contributed by atoms with van der Waals surface area (Å²) in [5.74, 6) is 1.11. The second-order valence-electron chi connectivity index (χ2n) is 5.70. The number of halogens is 1. The molecule has 0 aliphatic heterocycles. The highest BCUT2D eigenvalue weighted by Crippen LogP contribution is 2.22. The number of carbonyl (C=O) groups excluding carboxylic acids is 1. The lowest BCUT2D eigenvalue weighted by Gasteiger charge is -2.04. The topological polar surface area (TPSA) is 61.6 Å². The summed E-state index contributed by atoms with van der Waals surface area (Å²) in [4.78, 5) is 11.9. The molecule has 0 atom stereocenters. The summed E-state index contributed by atoms with van der Waals surface area (Å²) in [5.41, 5.74) is 2.47. The van der Waals surface area contributed by atoms with Gasteiger partial charge in [0.2, 0.25) is 0 Å². The lowest BCUT2D eigenvalue weighted by atomic mass is 10.1. The van der Waals surface area contributed by atoms with Gasteiger partial charge < -0.3 is 14.0 Å². The van der Waals surface area contributed by atoms with Gasteiger partial charge in [0.15, 0.2) is 5.76 Å². The second-order valence-corrected chi connectivity index (χ2v) is 6.13. The number of nitrogens with zero attached hydrogens (tertiary/aromatic N) is 1. The fraction of sp³-hybridized carbons (Fsp3) is 0.200. The maximum atomic E-state index is 11.9. The lowest BCUT2D eigenvalue weighted by Crippen LogP contribution is -2.06. The number of methoxy groups -OCH3 is 1. The molecule has 3 rings (SSSR count). The molecule has 1 heterocycles. The fourth-order valence-corrected chi connectivity index (χ4v) is 2.52. The van der Waals surface area contributed by atoms with E-state index in [1.807, 2.05) is 36.4 Å². The van der Waals surface area contributed by atoms with Crippen LogP contribution >= 0.6 is 11.6 Å². The molecular formula is C20H18ClNO4. The van der Waals surface area contributed by atoms with Crippen LogP contribution in [0.25, 0.3) is 11.3 Å². The van der Waals surface area contributed by atoms with Gasteiger partial charge in [-0.1, -0.05) is 28.9 Å². The number of aryl methyl sites for hydroxylation is 1. The average molecular weight is 372 g/mol. The minimum Gasteiger partial charge on any atom is -0.497 e. The molecule has 0 amide bonds. The summed E-state index contributed by atoms with van der Waals surface area (Å²) in [7, 11) is 1.62. The van der Waals surface area contributed by atoms with Gasteiger partial charge in [0.1, 0.15) is 18.1 Å². The third kappa shape index (κ3) is 4.86. The normalized spacial score (nSPS) is 10.5. The van der Waals surface area contributed by atoms with Crippen molar-refractivity contribution in [1.82, 2.24) is 5.16 Å². The molecule has 26 heavy (non-hydrogen) atoms. The monoisotopic (exact) mass is 371 g/mol. The van der Waals surface area contributed by atoms with Crippen molar-refractivity contribution < 1.29 is 18.8 Å². The van der Waals surface area contributed by atoms with E-state index < -0.39 is 0 Å².